The Bertz CT molecular complexity index is 179. The van der Waals surface area contributed by atoms with Crippen molar-refractivity contribution >= 4 is 18.4 Å². The Balaban J connectivity index is 0.00000121. The lowest BCUT2D eigenvalue weighted by Gasteiger charge is -2.31. The Morgan fingerprint density at radius 1 is 1.67 bits per heavy atom. The molecule has 1 saturated heterocycles. The predicted octanol–water partition coefficient (Wildman–Crippen LogP) is 0.927. The Morgan fingerprint density at radius 3 is 2.58 bits per heavy atom. The van der Waals surface area contributed by atoms with Crippen LogP contribution in [0.1, 0.15) is 12.8 Å². The summed E-state index contributed by atoms with van der Waals surface area (Å²) in [4.78, 5) is 12.1. The van der Waals surface area contributed by atoms with Crippen LogP contribution in [0, 0.1) is 0 Å². The van der Waals surface area contributed by atoms with Crippen LogP contribution in [0.3, 0.4) is 0 Å². The average Bonchev–Trinajstić information content (AvgIpc) is 1.86. The third-order valence-corrected chi connectivity index (χ3v) is 2.02. The summed E-state index contributed by atoms with van der Waals surface area (Å²) < 4.78 is 13.3. The van der Waals surface area contributed by atoms with Crippen LogP contribution in [-0.2, 0) is 4.79 Å². The Morgan fingerprint density at radius 2 is 2.25 bits per heavy atom. The SMILES string of the molecule is CN1CCCC(F)(C(=O)O)C1.Cl. The molecular weight excluding hydrogens is 185 g/mol. The summed E-state index contributed by atoms with van der Waals surface area (Å²) in [7, 11) is 1.73. The summed E-state index contributed by atoms with van der Waals surface area (Å²) in [5, 5.41) is 8.51. The van der Waals surface area contributed by atoms with E-state index in [0.717, 1.165) is 6.54 Å². The van der Waals surface area contributed by atoms with Crippen LogP contribution in [0.4, 0.5) is 4.39 Å². The van der Waals surface area contributed by atoms with Gasteiger partial charge in [0.25, 0.3) is 0 Å². The van der Waals surface area contributed by atoms with Gasteiger partial charge in [0.2, 0.25) is 5.67 Å². The van der Waals surface area contributed by atoms with E-state index in [1.807, 2.05) is 0 Å². The summed E-state index contributed by atoms with van der Waals surface area (Å²) >= 11 is 0. The fourth-order valence-electron chi connectivity index (χ4n) is 1.39. The van der Waals surface area contributed by atoms with Crippen LogP contribution in [-0.4, -0.2) is 41.8 Å². The second kappa shape index (κ2) is 4.05. The number of hydrogen-bond donors (Lipinski definition) is 1. The van der Waals surface area contributed by atoms with Gasteiger partial charge >= 0.3 is 5.97 Å². The second-order valence-electron chi connectivity index (χ2n) is 3.11. The summed E-state index contributed by atoms with van der Waals surface area (Å²) in [6, 6.07) is 0. The molecule has 0 aromatic carbocycles. The Kier molecular flexibility index (Phi) is 3.93. The number of halogens is 2. The second-order valence-corrected chi connectivity index (χ2v) is 3.11. The number of hydrogen-bond acceptors (Lipinski definition) is 2. The van der Waals surface area contributed by atoms with Gasteiger partial charge in [0.1, 0.15) is 0 Å². The minimum atomic E-state index is -2.01. The first-order chi connectivity index (χ1) is 5.04. The van der Waals surface area contributed by atoms with Gasteiger partial charge in [-0.3, -0.25) is 0 Å². The van der Waals surface area contributed by atoms with Gasteiger partial charge in [-0.25, -0.2) is 9.18 Å². The number of carboxylic acids is 1. The number of rotatable bonds is 1. The molecule has 0 aliphatic carbocycles. The first-order valence-corrected chi connectivity index (χ1v) is 3.65. The molecule has 1 rings (SSSR count). The molecule has 12 heavy (non-hydrogen) atoms. The molecule has 5 heteroatoms. The van der Waals surface area contributed by atoms with Crippen LogP contribution in [0.5, 0.6) is 0 Å². The number of alkyl halides is 1. The Hall–Kier alpha value is -0.350. The molecule has 0 bridgehead atoms. The van der Waals surface area contributed by atoms with Crippen molar-refractivity contribution in [1.29, 1.82) is 0 Å². The van der Waals surface area contributed by atoms with Crippen molar-refractivity contribution < 1.29 is 14.3 Å². The van der Waals surface area contributed by atoms with Gasteiger partial charge in [0.05, 0.1) is 0 Å². The quantitative estimate of drug-likeness (QED) is 0.680. The molecule has 1 aliphatic rings. The highest BCUT2D eigenvalue weighted by atomic mass is 35.5. The molecule has 1 fully saturated rings. The monoisotopic (exact) mass is 197 g/mol. The topological polar surface area (TPSA) is 40.5 Å². The van der Waals surface area contributed by atoms with Gasteiger partial charge in [-0.15, -0.1) is 12.4 Å². The number of carboxylic acid groups (broad SMARTS) is 1. The maximum Gasteiger partial charge on any atom is 0.342 e. The summed E-state index contributed by atoms with van der Waals surface area (Å²) in [6.45, 7) is 0.807. The van der Waals surface area contributed by atoms with E-state index >= 15 is 0 Å². The van der Waals surface area contributed by atoms with E-state index in [0.29, 0.717) is 6.42 Å². The lowest BCUT2D eigenvalue weighted by atomic mass is 9.95. The largest absolute Gasteiger partial charge is 0.479 e. The number of carbonyl (C=O) groups is 1. The lowest BCUT2D eigenvalue weighted by Crippen LogP contribution is -2.48. The van der Waals surface area contributed by atoms with E-state index in [-0.39, 0.29) is 25.4 Å². The molecule has 0 amide bonds. The van der Waals surface area contributed by atoms with E-state index in [1.54, 1.807) is 11.9 Å². The molecule has 0 saturated carbocycles. The molecule has 3 nitrogen and oxygen atoms in total. The van der Waals surface area contributed by atoms with Crippen LogP contribution < -0.4 is 0 Å². The molecule has 1 N–H and O–H groups in total. The molecule has 0 aromatic heterocycles. The molecule has 72 valence electrons. The van der Waals surface area contributed by atoms with Crippen molar-refractivity contribution in [3.05, 3.63) is 0 Å². The predicted molar refractivity (Wildman–Crippen MR) is 45.5 cm³/mol. The van der Waals surface area contributed by atoms with Crippen molar-refractivity contribution in [2.45, 2.75) is 18.5 Å². The molecule has 0 radical (unpaired) electrons. The zero-order valence-corrected chi connectivity index (χ0v) is 7.73. The average molecular weight is 198 g/mol. The van der Waals surface area contributed by atoms with Gasteiger partial charge < -0.3 is 10.0 Å². The van der Waals surface area contributed by atoms with Crippen LogP contribution in [0.25, 0.3) is 0 Å². The molecule has 1 heterocycles. The van der Waals surface area contributed by atoms with E-state index in [4.69, 9.17) is 5.11 Å². The highest BCUT2D eigenvalue weighted by Crippen LogP contribution is 2.24. The first-order valence-electron chi connectivity index (χ1n) is 3.65. The third-order valence-electron chi connectivity index (χ3n) is 2.02. The summed E-state index contributed by atoms with van der Waals surface area (Å²) in [5.41, 5.74) is -2.01. The fraction of sp³-hybridized carbons (Fsp3) is 0.857. The molecule has 1 unspecified atom stereocenters. The molecular formula is C7H13ClFNO2. The highest BCUT2D eigenvalue weighted by Gasteiger charge is 2.41. The molecule has 1 atom stereocenters. The standard InChI is InChI=1S/C7H12FNO2.ClH/c1-9-4-2-3-7(8,5-9)6(10)11;/h2-5H2,1H3,(H,10,11);1H. The van der Waals surface area contributed by atoms with Crippen LogP contribution in [0.2, 0.25) is 0 Å². The lowest BCUT2D eigenvalue weighted by molar-refractivity contribution is -0.154. The van der Waals surface area contributed by atoms with Gasteiger partial charge in [-0.1, -0.05) is 0 Å². The maximum atomic E-state index is 13.3. The Labute approximate surface area is 77.0 Å². The molecule has 0 spiro atoms. The number of aliphatic carboxylic acids is 1. The van der Waals surface area contributed by atoms with Gasteiger partial charge in [-0.05, 0) is 26.4 Å². The van der Waals surface area contributed by atoms with Gasteiger partial charge in [-0.2, -0.15) is 0 Å². The number of piperidine rings is 1. The minimum absolute atomic E-state index is 0. The van der Waals surface area contributed by atoms with E-state index in [1.165, 1.54) is 0 Å². The summed E-state index contributed by atoms with van der Waals surface area (Å²) in [6.07, 6.45) is 0.770. The van der Waals surface area contributed by atoms with Crippen LogP contribution >= 0.6 is 12.4 Å². The zero-order valence-electron chi connectivity index (χ0n) is 6.92. The molecule has 1 aliphatic heterocycles. The van der Waals surface area contributed by atoms with E-state index < -0.39 is 11.6 Å². The highest BCUT2D eigenvalue weighted by molar-refractivity contribution is 5.85. The fourth-order valence-corrected chi connectivity index (χ4v) is 1.39. The van der Waals surface area contributed by atoms with Crippen molar-refractivity contribution in [2.75, 3.05) is 20.1 Å². The smallest absolute Gasteiger partial charge is 0.342 e. The van der Waals surface area contributed by atoms with Crippen molar-refractivity contribution in [2.24, 2.45) is 0 Å². The zero-order chi connectivity index (χ0) is 8.48. The van der Waals surface area contributed by atoms with Gasteiger partial charge in [0.15, 0.2) is 0 Å². The number of likely N-dealkylation sites (tertiary alicyclic amines) is 1. The van der Waals surface area contributed by atoms with Gasteiger partial charge in [0, 0.05) is 6.54 Å². The maximum absolute atomic E-state index is 13.3. The number of nitrogens with zero attached hydrogens (tertiary/aromatic N) is 1. The van der Waals surface area contributed by atoms with Crippen molar-refractivity contribution in [1.82, 2.24) is 4.90 Å². The van der Waals surface area contributed by atoms with Crippen LogP contribution in [0.15, 0.2) is 0 Å². The molecule has 0 aromatic rings. The van der Waals surface area contributed by atoms with Crippen molar-refractivity contribution in [3.8, 4) is 0 Å². The normalized spacial score (nSPS) is 30.8. The van der Waals surface area contributed by atoms with Crippen molar-refractivity contribution in [3.63, 3.8) is 0 Å². The van der Waals surface area contributed by atoms with E-state index in [9.17, 15) is 9.18 Å². The first kappa shape index (κ1) is 11.6. The minimum Gasteiger partial charge on any atom is -0.479 e. The third kappa shape index (κ3) is 2.32. The van der Waals surface area contributed by atoms with E-state index in [2.05, 4.69) is 0 Å². The summed E-state index contributed by atoms with van der Waals surface area (Å²) in [5.74, 6) is -1.33.